The molecule has 0 fully saturated rings. The van der Waals surface area contributed by atoms with Crippen molar-refractivity contribution in [3.63, 3.8) is 0 Å². The van der Waals surface area contributed by atoms with Crippen LogP contribution in [0.4, 0.5) is 0 Å². The molecule has 0 amide bonds. The van der Waals surface area contributed by atoms with E-state index in [1.807, 2.05) is 37.3 Å². The Hall–Kier alpha value is -1.06. The van der Waals surface area contributed by atoms with Gasteiger partial charge in [-0.3, -0.25) is 5.10 Å². The van der Waals surface area contributed by atoms with Gasteiger partial charge in [-0.1, -0.05) is 36.0 Å². The molecule has 0 saturated carbocycles. The molecule has 1 aromatic heterocycles. The summed E-state index contributed by atoms with van der Waals surface area (Å²) < 4.78 is 2.53. The van der Waals surface area contributed by atoms with Crippen LogP contribution in [0.2, 0.25) is 5.02 Å². The van der Waals surface area contributed by atoms with Gasteiger partial charge in [-0.2, -0.15) is 0 Å². The molecular formula is C10H9ClN2S. The fourth-order valence-electron chi connectivity index (χ4n) is 1.33. The number of hydrogen-bond donors (Lipinski definition) is 1. The molecule has 1 heterocycles. The summed E-state index contributed by atoms with van der Waals surface area (Å²) in [5, 5.41) is 3.82. The lowest BCUT2D eigenvalue weighted by atomic mass is 10.3. The molecule has 1 aromatic carbocycles. The number of halogens is 1. The number of H-pyrrole nitrogens is 1. The van der Waals surface area contributed by atoms with Gasteiger partial charge >= 0.3 is 0 Å². The highest BCUT2D eigenvalue weighted by atomic mass is 35.5. The average Bonchev–Trinajstić information content (AvgIpc) is 2.46. The molecule has 1 N–H and O–H groups in total. The van der Waals surface area contributed by atoms with Crippen LogP contribution in [0.15, 0.2) is 30.3 Å². The first-order valence-corrected chi connectivity index (χ1v) is 5.00. The maximum absolute atomic E-state index is 6.05. The maximum Gasteiger partial charge on any atom is 0.128 e. The van der Waals surface area contributed by atoms with Gasteiger partial charge in [-0.25, -0.2) is 4.68 Å². The van der Waals surface area contributed by atoms with E-state index < -0.39 is 0 Å². The second-order valence-corrected chi connectivity index (χ2v) is 3.89. The first-order valence-electron chi connectivity index (χ1n) is 4.22. The van der Waals surface area contributed by atoms with Crippen LogP contribution in [0, 0.1) is 11.6 Å². The first kappa shape index (κ1) is 9.49. The van der Waals surface area contributed by atoms with Crippen molar-refractivity contribution in [2.45, 2.75) is 6.92 Å². The van der Waals surface area contributed by atoms with Crippen molar-refractivity contribution < 1.29 is 0 Å². The summed E-state index contributed by atoms with van der Waals surface area (Å²) in [5.74, 6) is 0. The van der Waals surface area contributed by atoms with E-state index in [2.05, 4.69) is 5.10 Å². The Morgan fingerprint density at radius 2 is 2.07 bits per heavy atom. The third kappa shape index (κ3) is 1.61. The minimum Gasteiger partial charge on any atom is -0.297 e. The van der Waals surface area contributed by atoms with Crippen molar-refractivity contribution in [1.29, 1.82) is 0 Å². The number of aromatic nitrogens is 2. The SMILES string of the molecule is Cc1cc(=S)n(-c2ccccc2Cl)[nH]1. The minimum atomic E-state index is 0.686. The Morgan fingerprint density at radius 3 is 2.64 bits per heavy atom. The molecule has 2 rings (SSSR count). The Bertz CT molecular complexity index is 513. The number of nitrogens with zero attached hydrogens (tertiary/aromatic N) is 1. The molecule has 0 aliphatic heterocycles. The highest BCUT2D eigenvalue weighted by molar-refractivity contribution is 7.71. The topological polar surface area (TPSA) is 20.7 Å². The van der Waals surface area contributed by atoms with Gasteiger partial charge in [0.25, 0.3) is 0 Å². The van der Waals surface area contributed by atoms with Crippen LogP contribution in [0.3, 0.4) is 0 Å². The zero-order chi connectivity index (χ0) is 10.1. The molecule has 0 spiro atoms. The zero-order valence-electron chi connectivity index (χ0n) is 7.62. The number of hydrogen-bond acceptors (Lipinski definition) is 1. The third-order valence-electron chi connectivity index (χ3n) is 1.94. The number of aromatic amines is 1. The van der Waals surface area contributed by atoms with Gasteiger partial charge in [0, 0.05) is 5.69 Å². The largest absolute Gasteiger partial charge is 0.297 e. The van der Waals surface area contributed by atoms with Crippen molar-refractivity contribution in [1.82, 2.24) is 9.78 Å². The Morgan fingerprint density at radius 1 is 1.36 bits per heavy atom. The summed E-state index contributed by atoms with van der Waals surface area (Å²) >= 11 is 11.2. The molecular weight excluding hydrogens is 216 g/mol. The molecule has 0 atom stereocenters. The normalized spacial score (nSPS) is 10.4. The Kier molecular flexibility index (Phi) is 2.44. The average molecular weight is 225 g/mol. The predicted molar refractivity (Wildman–Crippen MR) is 60.7 cm³/mol. The fraction of sp³-hybridized carbons (Fsp3) is 0.100. The van der Waals surface area contributed by atoms with Crippen molar-refractivity contribution in [2.75, 3.05) is 0 Å². The molecule has 0 saturated heterocycles. The maximum atomic E-state index is 6.05. The molecule has 0 aliphatic carbocycles. The molecule has 2 aromatic rings. The van der Waals surface area contributed by atoms with Crippen LogP contribution < -0.4 is 0 Å². The number of rotatable bonds is 1. The van der Waals surface area contributed by atoms with Gasteiger partial charge in [0.2, 0.25) is 0 Å². The van der Waals surface area contributed by atoms with E-state index in [1.54, 1.807) is 4.68 Å². The van der Waals surface area contributed by atoms with E-state index in [0.29, 0.717) is 5.02 Å². The molecule has 2 nitrogen and oxygen atoms in total. The van der Waals surface area contributed by atoms with Crippen LogP contribution in [0.25, 0.3) is 5.69 Å². The second-order valence-electron chi connectivity index (χ2n) is 3.06. The van der Waals surface area contributed by atoms with E-state index in [1.165, 1.54) is 0 Å². The highest BCUT2D eigenvalue weighted by Gasteiger charge is 2.03. The molecule has 72 valence electrons. The quantitative estimate of drug-likeness (QED) is 0.736. The van der Waals surface area contributed by atoms with Crippen LogP contribution in [-0.2, 0) is 0 Å². The number of nitrogens with one attached hydrogen (secondary N) is 1. The standard InChI is InChI=1S/C10H9ClN2S/c1-7-6-10(14)13(12-7)9-5-3-2-4-8(9)11/h2-6,12H,1H3. The van der Waals surface area contributed by atoms with E-state index in [4.69, 9.17) is 23.8 Å². The van der Waals surface area contributed by atoms with E-state index in [-0.39, 0.29) is 0 Å². The first-order chi connectivity index (χ1) is 6.68. The van der Waals surface area contributed by atoms with E-state index in [9.17, 15) is 0 Å². The van der Waals surface area contributed by atoms with Crippen LogP contribution >= 0.6 is 23.8 Å². The lowest BCUT2D eigenvalue weighted by Gasteiger charge is -2.04. The van der Waals surface area contributed by atoms with Crippen molar-refractivity contribution in [2.24, 2.45) is 0 Å². The predicted octanol–water partition coefficient (Wildman–Crippen LogP) is 3.50. The van der Waals surface area contributed by atoms with Crippen molar-refractivity contribution in [3.8, 4) is 5.69 Å². The third-order valence-corrected chi connectivity index (χ3v) is 2.56. The summed E-state index contributed by atoms with van der Waals surface area (Å²) in [4.78, 5) is 0. The highest BCUT2D eigenvalue weighted by Crippen LogP contribution is 2.19. The molecule has 0 bridgehead atoms. The van der Waals surface area contributed by atoms with Gasteiger partial charge in [-0.05, 0) is 25.1 Å². The van der Waals surface area contributed by atoms with E-state index >= 15 is 0 Å². The minimum absolute atomic E-state index is 0.686. The smallest absolute Gasteiger partial charge is 0.128 e. The Balaban J connectivity index is 2.66. The molecule has 0 aliphatic rings. The van der Waals surface area contributed by atoms with Gasteiger partial charge in [0.1, 0.15) is 4.64 Å². The van der Waals surface area contributed by atoms with Crippen molar-refractivity contribution in [3.05, 3.63) is 45.7 Å². The summed E-state index contributed by atoms with van der Waals surface area (Å²) in [7, 11) is 0. The number of para-hydroxylation sites is 1. The van der Waals surface area contributed by atoms with Crippen LogP contribution in [-0.4, -0.2) is 9.78 Å². The number of aryl methyl sites for hydroxylation is 1. The fourth-order valence-corrected chi connectivity index (χ4v) is 1.87. The summed E-state index contributed by atoms with van der Waals surface area (Å²) in [6.07, 6.45) is 0. The van der Waals surface area contributed by atoms with E-state index in [0.717, 1.165) is 16.0 Å². The molecule has 14 heavy (non-hydrogen) atoms. The lowest BCUT2D eigenvalue weighted by Crippen LogP contribution is -1.96. The zero-order valence-corrected chi connectivity index (χ0v) is 9.19. The number of benzene rings is 1. The molecule has 0 unspecified atom stereocenters. The summed E-state index contributed by atoms with van der Waals surface area (Å²) in [5.41, 5.74) is 1.90. The van der Waals surface area contributed by atoms with Crippen LogP contribution in [0.5, 0.6) is 0 Å². The second kappa shape index (κ2) is 3.59. The summed E-state index contributed by atoms with van der Waals surface area (Å²) in [6.45, 7) is 1.96. The Labute approximate surface area is 92.1 Å². The van der Waals surface area contributed by atoms with Gasteiger partial charge in [0.05, 0.1) is 10.7 Å². The summed E-state index contributed by atoms with van der Waals surface area (Å²) in [6, 6.07) is 9.49. The van der Waals surface area contributed by atoms with Crippen LogP contribution in [0.1, 0.15) is 5.69 Å². The van der Waals surface area contributed by atoms with Gasteiger partial charge < -0.3 is 0 Å². The van der Waals surface area contributed by atoms with Gasteiger partial charge in [0.15, 0.2) is 0 Å². The van der Waals surface area contributed by atoms with Crippen molar-refractivity contribution >= 4 is 23.8 Å². The monoisotopic (exact) mass is 224 g/mol. The van der Waals surface area contributed by atoms with Gasteiger partial charge in [-0.15, -0.1) is 0 Å². The molecule has 0 radical (unpaired) electrons. The lowest BCUT2D eigenvalue weighted by molar-refractivity contribution is 0.853. The molecule has 4 heteroatoms.